The number of phenols is 6. The van der Waals surface area contributed by atoms with Gasteiger partial charge in [-0.2, -0.15) is 0 Å². The third-order valence-electron chi connectivity index (χ3n) is 6.33. The molecule has 7 heteroatoms. The van der Waals surface area contributed by atoms with E-state index in [1.807, 2.05) is 60.7 Å². The molecule has 0 fully saturated rings. The Balaban J connectivity index is 1.86. The van der Waals surface area contributed by atoms with Crippen LogP contribution in [0.2, 0.25) is 0 Å². The first kappa shape index (κ1) is 24.5. The van der Waals surface area contributed by atoms with Crippen molar-refractivity contribution in [1.29, 1.82) is 0 Å². The number of Topliss-reactive ketones (excluding diaryl/α,β-unsaturated/α-hetero) is 1. The topological polar surface area (TPSA) is 138 Å². The zero-order valence-electron chi connectivity index (χ0n) is 19.2. The van der Waals surface area contributed by atoms with Gasteiger partial charge in [0.25, 0.3) is 0 Å². The second kappa shape index (κ2) is 10.3. The van der Waals surface area contributed by atoms with Crippen LogP contribution in [0, 0.1) is 0 Å². The molecule has 0 heterocycles. The Hall–Kier alpha value is -4.65. The maximum atomic E-state index is 14.2. The van der Waals surface area contributed by atoms with Crippen LogP contribution in [0.4, 0.5) is 0 Å². The lowest BCUT2D eigenvalue weighted by atomic mass is 9.77. The van der Waals surface area contributed by atoms with Crippen molar-refractivity contribution < 1.29 is 35.4 Å². The molecule has 7 nitrogen and oxygen atoms in total. The van der Waals surface area contributed by atoms with Gasteiger partial charge in [-0.25, -0.2) is 0 Å². The molecule has 184 valence electrons. The van der Waals surface area contributed by atoms with Crippen molar-refractivity contribution >= 4 is 5.78 Å². The van der Waals surface area contributed by atoms with Gasteiger partial charge in [0, 0.05) is 11.1 Å². The van der Waals surface area contributed by atoms with Gasteiger partial charge in [0.1, 0.15) is 5.78 Å². The third-order valence-corrected chi connectivity index (χ3v) is 6.33. The minimum Gasteiger partial charge on any atom is -0.504 e. The van der Waals surface area contributed by atoms with Gasteiger partial charge in [-0.15, -0.1) is 0 Å². The minimum absolute atomic E-state index is 0.111. The summed E-state index contributed by atoms with van der Waals surface area (Å²) in [5.74, 6) is -6.10. The molecule has 0 aliphatic rings. The first-order valence-electron chi connectivity index (χ1n) is 11.4. The fourth-order valence-corrected chi connectivity index (χ4v) is 4.40. The monoisotopic (exact) mass is 486 g/mol. The minimum atomic E-state index is -0.983. The summed E-state index contributed by atoms with van der Waals surface area (Å²) < 4.78 is 0. The lowest BCUT2D eigenvalue weighted by Crippen LogP contribution is -2.24. The Morgan fingerprint density at radius 3 is 1.22 bits per heavy atom. The number of benzene rings is 4. The summed E-state index contributed by atoms with van der Waals surface area (Å²) in [5.41, 5.74) is 1.80. The summed E-state index contributed by atoms with van der Waals surface area (Å²) in [4.78, 5) is 14.2. The number of carbonyl (C=O) groups excluding carboxylic acids is 1. The van der Waals surface area contributed by atoms with Crippen LogP contribution < -0.4 is 0 Å². The van der Waals surface area contributed by atoms with E-state index < -0.39 is 52.1 Å². The third kappa shape index (κ3) is 4.90. The van der Waals surface area contributed by atoms with E-state index in [1.165, 1.54) is 24.3 Å². The molecule has 36 heavy (non-hydrogen) atoms. The Morgan fingerprint density at radius 2 is 0.861 bits per heavy atom. The van der Waals surface area contributed by atoms with E-state index in [1.54, 1.807) is 0 Å². The number of hydrogen-bond donors (Lipinski definition) is 6. The van der Waals surface area contributed by atoms with Crippen molar-refractivity contribution in [2.24, 2.45) is 0 Å². The molecule has 2 atom stereocenters. The molecule has 0 aromatic heterocycles. The number of rotatable bonds is 8. The molecule has 4 aromatic rings. The number of phenolic OH excluding ortho intramolecular Hbond substituents is 6. The van der Waals surface area contributed by atoms with Crippen LogP contribution in [0.5, 0.6) is 34.5 Å². The van der Waals surface area contributed by atoms with E-state index >= 15 is 0 Å². The Labute approximate surface area is 207 Å². The fourth-order valence-electron chi connectivity index (χ4n) is 4.40. The smallest absolute Gasteiger partial charge is 0.200 e. The predicted octanol–water partition coefficient (Wildman–Crippen LogP) is 4.84. The number of ketones is 1. The molecule has 0 spiro atoms. The summed E-state index contributed by atoms with van der Waals surface area (Å²) in [6.45, 7) is 0. The summed E-state index contributed by atoms with van der Waals surface area (Å²) in [6, 6.07) is 23.4. The molecular weight excluding hydrogens is 460 g/mol. The SMILES string of the molecule is O=C(C(Cc1ccccc1)c1ccc(O)c(O)c1O)C(Cc1ccccc1)c1ccc(O)c(O)c1O. The highest BCUT2D eigenvalue weighted by Gasteiger charge is 2.34. The van der Waals surface area contributed by atoms with Crippen molar-refractivity contribution in [3.05, 3.63) is 107 Å². The molecule has 0 saturated heterocycles. The maximum Gasteiger partial charge on any atom is 0.200 e. The number of carbonyl (C=O) groups is 1. The van der Waals surface area contributed by atoms with Gasteiger partial charge in [-0.05, 0) is 36.1 Å². The molecule has 0 saturated carbocycles. The van der Waals surface area contributed by atoms with Gasteiger partial charge in [0.05, 0.1) is 11.8 Å². The Kier molecular flexibility index (Phi) is 7.01. The average Bonchev–Trinajstić information content (AvgIpc) is 2.89. The highest BCUT2D eigenvalue weighted by molar-refractivity contribution is 5.94. The summed E-state index contributed by atoms with van der Waals surface area (Å²) in [5, 5.41) is 61.3. The fraction of sp³-hybridized carbons (Fsp3) is 0.138. The molecule has 4 aromatic carbocycles. The second-order valence-corrected chi connectivity index (χ2v) is 8.63. The van der Waals surface area contributed by atoms with Crippen molar-refractivity contribution in [2.75, 3.05) is 0 Å². The molecule has 0 bridgehead atoms. The second-order valence-electron chi connectivity index (χ2n) is 8.63. The molecule has 0 radical (unpaired) electrons. The van der Waals surface area contributed by atoms with Crippen LogP contribution in [0.15, 0.2) is 84.9 Å². The summed E-state index contributed by atoms with van der Waals surface area (Å²) in [7, 11) is 0. The Morgan fingerprint density at radius 1 is 0.500 bits per heavy atom. The predicted molar refractivity (Wildman–Crippen MR) is 134 cm³/mol. The van der Waals surface area contributed by atoms with Gasteiger partial charge in [0.15, 0.2) is 23.0 Å². The molecule has 0 amide bonds. The van der Waals surface area contributed by atoms with Crippen molar-refractivity contribution in [3.63, 3.8) is 0 Å². The molecule has 6 N–H and O–H groups in total. The molecule has 4 rings (SSSR count). The first-order chi connectivity index (χ1) is 17.3. The van der Waals surface area contributed by atoms with E-state index in [9.17, 15) is 35.4 Å². The summed E-state index contributed by atoms with van der Waals surface area (Å²) in [6.07, 6.45) is 0.321. The number of aromatic hydroxyl groups is 6. The van der Waals surface area contributed by atoms with Crippen LogP contribution >= 0.6 is 0 Å². The van der Waals surface area contributed by atoms with Crippen molar-refractivity contribution in [1.82, 2.24) is 0 Å². The molecule has 0 aliphatic heterocycles. The highest BCUT2D eigenvalue weighted by atomic mass is 16.3. The van der Waals surface area contributed by atoms with Crippen LogP contribution in [0.1, 0.15) is 34.1 Å². The lowest BCUT2D eigenvalue weighted by molar-refractivity contribution is -0.122. The van der Waals surface area contributed by atoms with E-state index in [4.69, 9.17) is 0 Å². The quantitative estimate of drug-likeness (QED) is 0.196. The largest absolute Gasteiger partial charge is 0.504 e. The van der Waals surface area contributed by atoms with Crippen LogP contribution in [-0.4, -0.2) is 36.4 Å². The van der Waals surface area contributed by atoms with Gasteiger partial charge < -0.3 is 30.6 Å². The van der Waals surface area contributed by atoms with Gasteiger partial charge in [-0.3, -0.25) is 4.79 Å². The van der Waals surface area contributed by atoms with E-state index in [0.29, 0.717) is 0 Å². The average molecular weight is 487 g/mol. The van der Waals surface area contributed by atoms with Gasteiger partial charge in [0.2, 0.25) is 11.5 Å². The molecule has 0 aliphatic carbocycles. The van der Waals surface area contributed by atoms with Gasteiger partial charge >= 0.3 is 0 Å². The zero-order chi connectivity index (χ0) is 25.8. The molecule has 2 unspecified atom stereocenters. The van der Waals surface area contributed by atoms with Crippen LogP contribution in [-0.2, 0) is 17.6 Å². The van der Waals surface area contributed by atoms with Crippen LogP contribution in [0.25, 0.3) is 0 Å². The number of hydrogen-bond acceptors (Lipinski definition) is 7. The maximum absolute atomic E-state index is 14.2. The Bertz CT molecular complexity index is 1260. The van der Waals surface area contributed by atoms with E-state index in [-0.39, 0.29) is 24.0 Å². The van der Waals surface area contributed by atoms with Gasteiger partial charge in [-0.1, -0.05) is 72.8 Å². The summed E-state index contributed by atoms with van der Waals surface area (Å²) >= 11 is 0. The van der Waals surface area contributed by atoms with Crippen molar-refractivity contribution in [3.8, 4) is 34.5 Å². The van der Waals surface area contributed by atoms with E-state index in [2.05, 4.69) is 0 Å². The zero-order valence-corrected chi connectivity index (χ0v) is 19.2. The standard InChI is InChI=1S/C29H26O7/c30-23-13-11-19(26(33)28(23)35)21(15-17-7-3-1-4-8-17)25(32)22(16-18-9-5-2-6-10-18)20-12-14-24(31)29(36)27(20)34/h1-14,21-22,30-31,33-36H,15-16H2. The van der Waals surface area contributed by atoms with E-state index in [0.717, 1.165) is 11.1 Å². The first-order valence-corrected chi connectivity index (χ1v) is 11.4. The lowest BCUT2D eigenvalue weighted by Gasteiger charge is -2.25. The van der Waals surface area contributed by atoms with Crippen molar-refractivity contribution in [2.45, 2.75) is 24.7 Å². The van der Waals surface area contributed by atoms with Crippen LogP contribution in [0.3, 0.4) is 0 Å². The molecular formula is C29H26O7. The highest BCUT2D eigenvalue weighted by Crippen LogP contribution is 2.46. The normalized spacial score (nSPS) is 12.7.